The fourth-order valence-corrected chi connectivity index (χ4v) is 4.65. The van der Waals surface area contributed by atoms with Gasteiger partial charge in [-0.25, -0.2) is 0 Å². The summed E-state index contributed by atoms with van der Waals surface area (Å²) in [7, 11) is 1.56. The lowest BCUT2D eigenvalue weighted by Gasteiger charge is -2.17. The number of thiocarbonyl (C=S) groups is 1. The summed E-state index contributed by atoms with van der Waals surface area (Å²) in [6.07, 6.45) is 0. The highest BCUT2D eigenvalue weighted by molar-refractivity contribution is 9.10. The molecular formula is C20H14BrN3O4S2. The molecule has 2 N–H and O–H groups in total. The predicted molar refractivity (Wildman–Crippen MR) is 123 cm³/mol. The van der Waals surface area contributed by atoms with Gasteiger partial charge in [0.05, 0.1) is 23.3 Å². The van der Waals surface area contributed by atoms with E-state index in [0.717, 1.165) is 16.2 Å². The Balaban J connectivity index is 1.63. The van der Waals surface area contributed by atoms with Gasteiger partial charge in [-0.05, 0) is 42.5 Å². The smallest absolute Gasteiger partial charge is 0.264 e. The lowest BCUT2D eigenvalue weighted by atomic mass is 10.1. The first-order valence-corrected chi connectivity index (χ1v) is 10.7. The summed E-state index contributed by atoms with van der Waals surface area (Å²) < 4.78 is 6.15. The van der Waals surface area contributed by atoms with E-state index in [1.807, 2.05) is 0 Å². The molecule has 2 aromatic carbocycles. The molecule has 1 fully saturated rings. The van der Waals surface area contributed by atoms with E-state index in [1.165, 1.54) is 4.90 Å². The molecule has 0 aromatic heterocycles. The van der Waals surface area contributed by atoms with E-state index in [1.54, 1.807) is 49.6 Å². The minimum Gasteiger partial charge on any atom is -0.497 e. The monoisotopic (exact) mass is 503 g/mol. The van der Waals surface area contributed by atoms with E-state index in [4.69, 9.17) is 17.0 Å². The van der Waals surface area contributed by atoms with Gasteiger partial charge in [0.15, 0.2) is 0 Å². The molecule has 0 unspecified atom stereocenters. The first-order valence-electron chi connectivity index (χ1n) is 8.70. The summed E-state index contributed by atoms with van der Waals surface area (Å²) >= 11 is 9.50. The molecule has 10 heteroatoms. The average molecular weight is 504 g/mol. The highest BCUT2D eigenvalue weighted by Crippen LogP contribution is 2.43. The maximum absolute atomic E-state index is 13.2. The third kappa shape index (κ3) is 3.85. The van der Waals surface area contributed by atoms with Crippen molar-refractivity contribution in [2.45, 2.75) is 0 Å². The quantitative estimate of drug-likeness (QED) is 0.491. The molecule has 0 atom stereocenters. The van der Waals surface area contributed by atoms with E-state index in [0.29, 0.717) is 27.0 Å². The third-order valence-electron chi connectivity index (χ3n) is 4.50. The number of carbonyl (C=O) groups is 3. The number of hydrogen-bond acceptors (Lipinski definition) is 6. The molecule has 30 heavy (non-hydrogen) atoms. The van der Waals surface area contributed by atoms with Gasteiger partial charge in [0, 0.05) is 15.7 Å². The van der Waals surface area contributed by atoms with Gasteiger partial charge in [0.1, 0.15) is 16.6 Å². The topological polar surface area (TPSA) is 87.7 Å². The molecular weight excluding hydrogens is 490 g/mol. The van der Waals surface area contributed by atoms with Crippen molar-refractivity contribution in [1.29, 1.82) is 0 Å². The number of thioether (sulfide) groups is 1. The van der Waals surface area contributed by atoms with Gasteiger partial charge < -0.3 is 15.4 Å². The lowest BCUT2D eigenvalue weighted by Crippen LogP contribution is -2.35. The zero-order valence-corrected chi connectivity index (χ0v) is 18.7. The van der Waals surface area contributed by atoms with Crippen LogP contribution in [0.3, 0.4) is 0 Å². The average Bonchev–Trinajstić information content (AvgIpc) is 3.17. The van der Waals surface area contributed by atoms with Gasteiger partial charge >= 0.3 is 0 Å². The molecule has 7 nitrogen and oxygen atoms in total. The van der Waals surface area contributed by atoms with E-state index < -0.39 is 11.8 Å². The van der Waals surface area contributed by atoms with E-state index >= 15 is 0 Å². The molecule has 1 saturated heterocycles. The molecule has 2 aromatic rings. The molecule has 2 aliphatic rings. The fourth-order valence-electron chi connectivity index (χ4n) is 3.18. The summed E-state index contributed by atoms with van der Waals surface area (Å²) in [6, 6.07) is 12.1. The number of amides is 3. The van der Waals surface area contributed by atoms with Crippen LogP contribution in [0.25, 0.3) is 5.57 Å². The van der Waals surface area contributed by atoms with Gasteiger partial charge in [-0.1, -0.05) is 39.9 Å². The molecule has 0 aliphatic carbocycles. The standard InChI is InChI=1S/C20H14BrN3O4S2/c1-28-12-5-3-11(4-6-12)22-15(25)9-24-14-7-2-10(21)8-13(14)16(19(24)27)17-18(26)23-20(29)30-17/h2-8H,9H2,1H3,(H,22,25)(H,23,26,29)/b17-16+. The maximum atomic E-state index is 13.2. The number of hydrogen-bond donors (Lipinski definition) is 2. The van der Waals surface area contributed by atoms with Crippen LogP contribution in [0, 0.1) is 0 Å². The Morgan fingerprint density at radius 3 is 2.60 bits per heavy atom. The fraction of sp³-hybridized carbons (Fsp3) is 0.100. The summed E-state index contributed by atoms with van der Waals surface area (Å²) in [5, 5.41) is 5.30. The van der Waals surface area contributed by atoms with Crippen LogP contribution in [-0.4, -0.2) is 35.7 Å². The molecule has 2 heterocycles. The number of halogens is 1. The minimum absolute atomic E-state index is 0.201. The zero-order valence-electron chi connectivity index (χ0n) is 15.5. The minimum atomic E-state index is -0.421. The molecule has 3 amide bonds. The van der Waals surface area contributed by atoms with Crippen molar-refractivity contribution in [2.24, 2.45) is 0 Å². The van der Waals surface area contributed by atoms with Crippen LogP contribution in [0.2, 0.25) is 0 Å². The number of anilines is 2. The lowest BCUT2D eigenvalue weighted by molar-refractivity contribution is -0.118. The number of nitrogens with one attached hydrogen (secondary N) is 2. The Bertz CT molecular complexity index is 1130. The second-order valence-electron chi connectivity index (χ2n) is 6.38. The van der Waals surface area contributed by atoms with Crippen molar-refractivity contribution in [1.82, 2.24) is 5.32 Å². The predicted octanol–water partition coefficient (Wildman–Crippen LogP) is 3.30. The molecule has 2 aliphatic heterocycles. The van der Waals surface area contributed by atoms with Crippen molar-refractivity contribution >= 4 is 78.9 Å². The van der Waals surface area contributed by atoms with Gasteiger partial charge in [0.2, 0.25) is 5.91 Å². The normalized spacial score (nSPS) is 17.8. The number of fused-ring (bicyclic) bond motifs is 1. The zero-order chi connectivity index (χ0) is 21.4. The first-order chi connectivity index (χ1) is 14.4. The van der Waals surface area contributed by atoms with Crippen LogP contribution in [0.4, 0.5) is 11.4 Å². The van der Waals surface area contributed by atoms with Gasteiger partial charge in [-0.3, -0.25) is 19.3 Å². The number of carbonyl (C=O) groups excluding carboxylic acids is 3. The highest BCUT2D eigenvalue weighted by atomic mass is 79.9. The molecule has 0 spiro atoms. The van der Waals surface area contributed by atoms with Crippen molar-refractivity contribution in [2.75, 3.05) is 23.9 Å². The van der Waals surface area contributed by atoms with Gasteiger partial charge in [-0.2, -0.15) is 0 Å². The molecule has 0 radical (unpaired) electrons. The van der Waals surface area contributed by atoms with Crippen LogP contribution in [-0.2, 0) is 14.4 Å². The molecule has 152 valence electrons. The van der Waals surface area contributed by atoms with Crippen molar-refractivity contribution < 1.29 is 19.1 Å². The summed E-state index contributed by atoms with van der Waals surface area (Å²) in [6.45, 7) is -0.201. The van der Waals surface area contributed by atoms with E-state index in [2.05, 4.69) is 26.6 Å². The Hall–Kier alpha value is -2.69. The summed E-state index contributed by atoms with van der Waals surface area (Å²) in [5.74, 6) is -0.532. The second kappa shape index (κ2) is 8.21. The van der Waals surface area contributed by atoms with Crippen LogP contribution in [0.5, 0.6) is 5.75 Å². The summed E-state index contributed by atoms with van der Waals surface area (Å²) in [5.41, 5.74) is 1.96. The van der Waals surface area contributed by atoms with Gasteiger partial charge in [-0.15, -0.1) is 0 Å². The Morgan fingerprint density at radius 1 is 1.23 bits per heavy atom. The van der Waals surface area contributed by atoms with Crippen molar-refractivity contribution in [3.63, 3.8) is 0 Å². The number of ether oxygens (including phenoxy) is 1. The number of nitrogens with zero attached hydrogens (tertiary/aromatic N) is 1. The van der Waals surface area contributed by atoms with Crippen LogP contribution in [0.15, 0.2) is 51.8 Å². The maximum Gasteiger partial charge on any atom is 0.264 e. The van der Waals surface area contributed by atoms with Crippen molar-refractivity contribution in [3.8, 4) is 5.75 Å². The Kier molecular flexibility index (Phi) is 5.63. The van der Waals surface area contributed by atoms with Crippen LogP contribution < -0.4 is 20.3 Å². The van der Waals surface area contributed by atoms with Crippen LogP contribution >= 0.6 is 39.9 Å². The van der Waals surface area contributed by atoms with Crippen molar-refractivity contribution in [3.05, 3.63) is 57.4 Å². The Labute approximate surface area is 190 Å². The molecule has 0 saturated carbocycles. The third-order valence-corrected chi connectivity index (χ3v) is 6.22. The van der Waals surface area contributed by atoms with E-state index in [-0.39, 0.29) is 22.9 Å². The first kappa shape index (κ1) is 20.6. The number of benzene rings is 2. The molecule has 4 rings (SSSR count). The Morgan fingerprint density at radius 2 is 1.97 bits per heavy atom. The summed E-state index contributed by atoms with van der Waals surface area (Å²) in [4.78, 5) is 39.7. The number of methoxy groups -OCH3 is 1. The van der Waals surface area contributed by atoms with E-state index in [9.17, 15) is 14.4 Å². The van der Waals surface area contributed by atoms with Gasteiger partial charge in [0.25, 0.3) is 11.8 Å². The SMILES string of the molecule is COc1ccc(NC(=O)CN2C(=O)/C(=C3/SC(=S)NC3=O)c3cc(Br)ccc32)cc1. The van der Waals surface area contributed by atoms with Crippen LogP contribution in [0.1, 0.15) is 5.56 Å². The highest BCUT2D eigenvalue weighted by Gasteiger charge is 2.39. The largest absolute Gasteiger partial charge is 0.497 e. The number of rotatable bonds is 4. The molecule has 0 bridgehead atoms. The second-order valence-corrected chi connectivity index (χ2v) is 8.98.